The highest BCUT2D eigenvalue weighted by Crippen LogP contribution is 2.15. The normalized spacial score (nSPS) is 10.4. The SMILES string of the molecule is O=C(CNC(=O)c1cccc2cn[nH]c12)Nc1ccccc1. The Morgan fingerprint density at radius 3 is 2.68 bits per heavy atom. The molecule has 0 saturated carbocycles. The molecule has 0 bridgehead atoms. The number of hydrogen-bond acceptors (Lipinski definition) is 3. The fourth-order valence-electron chi connectivity index (χ4n) is 2.14. The topological polar surface area (TPSA) is 86.9 Å². The zero-order valence-corrected chi connectivity index (χ0v) is 11.7. The minimum absolute atomic E-state index is 0.0990. The van der Waals surface area contributed by atoms with Gasteiger partial charge < -0.3 is 10.6 Å². The minimum atomic E-state index is -0.321. The van der Waals surface area contributed by atoms with Crippen LogP contribution in [0.2, 0.25) is 0 Å². The number of rotatable bonds is 4. The van der Waals surface area contributed by atoms with E-state index in [0.717, 1.165) is 5.39 Å². The van der Waals surface area contributed by atoms with Crippen molar-refractivity contribution in [2.75, 3.05) is 11.9 Å². The number of anilines is 1. The molecule has 1 aromatic heterocycles. The molecule has 3 rings (SSSR count). The van der Waals surface area contributed by atoms with Gasteiger partial charge in [-0.05, 0) is 18.2 Å². The quantitative estimate of drug-likeness (QED) is 0.687. The van der Waals surface area contributed by atoms with Gasteiger partial charge in [0.25, 0.3) is 5.91 Å². The van der Waals surface area contributed by atoms with E-state index in [9.17, 15) is 9.59 Å². The lowest BCUT2D eigenvalue weighted by Gasteiger charge is -2.07. The van der Waals surface area contributed by atoms with Crippen molar-refractivity contribution in [3.05, 3.63) is 60.3 Å². The Hall–Kier alpha value is -3.15. The van der Waals surface area contributed by atoms with E-state index in [1.807, 2.05) is 24.3 Å². The molecule has 3 N–H and O–H groups in total. The molecule has 2 amide bonds. The van der Waals surface area contributed by atoms with Gasteiger partial charge in [0.2, 0.25) is 5.91 Å². The summed E-state index contributed by atoms with van der Waals surface area (Å²) in [5.74, 6) is -0.602. The third kappa shape index (κ3) is 2.95. The van der Waals surface area contributed by atoms with Gasteiger partial charge in [-0.1, -0.05) is 30.3 Å². The number of nitrogens with one attached hydrogen (secondary N) is 3. The van der Waals surface area contributed by atoms with Crippen molar-refractivity contribution >= 4 is 28.4 Å². The predicted octanol–water partition coefficient (Wildman–Crippen LogP) is 1.93. The van der Waals surface area contributed by atoms with E-state index in [2.05, 4.69) is 20.8 Å². The number of carbonyl (C=O) groups is 2. The highest BCUT2D eigenvalue weighted by molar-refractivity contribution is 6.06. The average Bonchev–Trinajstić information content (AvgIpc) is 3.02. The average molecular weight is 294 g/mol. The standard InChI is InChI=1S/C16H14N4O2/c21-14(19-12-6-2-1-3-7-12)10-17-16(22)13-8-4-5-11-9-18-20-15(11)13/h1-9H,10H2,(H,17,22)(H,18,20)(H,19,21). The summed E-state index contributed by atoms with van der Waals surface area (Å²) >= 11 is 0. The van der Waals surface area contributed by atoms with Crippen LogP contribution >= 0.6 is 0 Å². The first-order valence-corrected chi connectivity index (χ1v) is 6.79. The first-order valence-electron chi connectivity index (χ1n) is 6.79. The van der Waals surface area contributed by atoms with E-state index < -0.39 is 0 Å². The van der Waals surface area contributed by atoms with Crippen LogP contribution in [0.4, 0.5) is 5.69 Å². The van der Waals surface area contributed by atoms with Crippen molar-refractivity contribution in [1.29, 1.82) is 0 Å². The van der Waals surface area contributed by atoms with Gasteiger partial charge in [-0.2, -0.15) is 5.10 Å². The number of H-pyrrole nitrogens is 1. The van der Waals surface area contributed by atoms with Crippen LogP contribution in [0.15, 0.2) is 54.7 Å². The van der Waals surface area contributed by atoms with E-state index in [-0.39, 0.29) is 18.4 Å². The van der Waals surface area contributed by atoms with E-state index in [1.54, 1.807) is 30.5 Å². The molecule has 0 unspecified atom stereocenters. The number of benzene rings is 2. The lowest BCUT2D eigenvalue weighted by atomic mass is 10.1. The number of carbonyl (C=O) groups excluding carboxylic acids is 2. The van der Waals surface area contributed by atoms with Crippen LogP contribution in [0.3, 0.4) is 0 Å². The van der Waals surface area contributed by atoms with E-state index in [0.29, 0.717) is 16.8 Å². The monoisotopic (exact) mass is 294 g/mol. The summed E-state index contributed by atoms with van der Waals surface area (Å²) < 4.78 is 0. The summed E-state index contributed by atoms with van der Waals surface area (Å²) in [6.07, 6.45) is 1.65. The van der Waals surface area contributed by atoms with Crippen LogP contribution in [0.5, 0.6) is 0 Å². The molecule has 0 saturated heterocycles. The van der Waals surface area contributed by atoms with Gasteiger partial charge in [0.05, 0.1) is 23.8 Å². The van der Waals surface area contributed by atoms with Gasteiger partial charge in [0.1, 0.15) is 0 Å². The second kappa shape index (κ2) is 6.09. The maximum Gasteiger partial charge on any atom is 0.253 e. The largest absolute Gasteiger partial charge is 0.343 e. The Balaban J connectivity index is 1.63. The molecule has 0 aliphatic rings. The highest BCUT2D eigenvalue weighted by Gasteiger charge is 2.12. The van der Waals surface area contributed by atoms with E-state index >= 15 is 0 Å². The molecular weight excluding hydrogens is 280 g/mol. The van der Waals surface area contributed by atoms with E-state index in [4.69, 9.17) is 0 Å². The summed E-state index contributed by atoms with van der Waals surface area (Å²) in [6, 6.07) is 14.4. The Bertz CT molecular complexity index is 811. The van der Waals surface area contributed by atoms with Crippen molar-refractivity contribution in [2.24, 2.45) is 0 Å². The molecule has 6 nitrogen and oxygen atoms in total. The minimum Gasteiger partial charge on any atom is -0.343 e. The number of nitrogens with zero attached hydrogens (tertiary/aromatic N) is 1. The Labute approximate surface area is 126 Å². The lowest BCUT2D eigenvalue weighted by molar-refractivity contribution is -0.115. The fourth-order valence-corrected chi connectivity index (χ4v) is 2.14. The van der Waals surface area contributed by atoms with Crippen molar-refractivity contribution in [1.82, 2.24) is 15.5 Å². The first-order chi connectivity index (χ1) is 10.7. The van der Waals surface area contributed by atoms with Crippen LogP contribution in [0, 0.1) is 0 Å². The number of para-hydroxylation sites is 2. The Morgan fingerprint density at radius 2 is 1.86 bits per heavy atom. The molecule has 22 heavy (non-hydrogen) atoms. The third-order valence-electron chi connectivity index (χ3n) is 3.19. The molecule has 6 heteroatoms. The zero-order chi connectivity index (χ0) is 15.4. The summed E-state index contributed by atoms with van der Waals surface area (Å²) in [4.78, 5) is 24.0. The zero-order valence-electron chi connectivity index (χ0n) is 11.7. The molecule has 0 fully saturated rings. The molecular formula is C16H14N4O2. The van der Waals surface area contributed by atoms with Crippen LogP contribution < -0.4 is 10.6 Å². The van der Waals surface area contributed by atoms with Crippen molar-refractivity contribution in [3.63, 3.8) is 0 Å². The number of fused-ring (bicyclic) bond motifs is 1. The van der Waals surface area contributed by atoms with Crippen molar-refractivity contribution in [3.8, 4) is 0 Å². The van der Waals surface area contributed by atoms with Gasteiger partial charge in [-0.3, -0.25) is 14.7 Å². The Morgan fingerprint density at radius 1 is 1.05 bits per heavy atom. The second-order valence-corrected chi connectivity index (χ2v) is 4.74. The smallest absolute Gasteiger partial charge is 0.253 e. The van der Waals surface area contributed by atoms with Gasteiger partial charge in [0, 0.05) is 11.1 Å². The molecule has 110 valence electrons. The summed E-state index contributed by atoms with van der Waals surface area (Å²) in [7, 11) is 0. The van der Waals surface area contributed by atoms with E-state index in [1.165, 1.54) is 0 Å². The van der Waals surface area contributed by atoms with Crippen LogP contribution in [-0.2, 0) is 4.79 Å². The Kier molecular flexibility index (Phi) is 3.82. The molecule has 0 spiro atoms. The van der Waals surface area contributed by atoms with Crippen LogP contribution in [0.1, 0.15) is 10.4 Å². The summed E-state index contributed by atoms with van der Waals surface area (Å²) in [5, 5.41) is 12.9. The van der Waals surface area contributed by atoms with Crippen molar-refractivity contribution in [2.45, 2.75) is 0 Å². The maximum atomic E-state index is 12.2. The maximum absolute atomic E-state index is 12.2. The number of amides is 2. The molecule has 3 aromatic rings. The number of hydrogen-bond donors (Lipinski definition) is 3. The lowest BCUT2D eigenvalue weighted by Crippen LogP contribution is -2.32. The summed E-state index contributed by atoms with van der Waals surface area (Å²) in [6.45, 7) is -0.0990. The fraction of sp³-hybridized carbons (Fsp3) is 0.0625. The molecule has 0 aliphatic carbocycles. The first kappa shape index (κ1) is 13.8. The van der Waals surface area contributed by atoms with Gasteiger partial charge in [-0.25, -0.2) is 0 Å². The predicted molar refractivity (Wildman–Crippen MR) is 83.5 cm³/mol. The number of aromatic amines is 1. The van der Waals surface area contributed by atoms with Gasteiger partial charge >= 0.3 is 0 Å². The number of aromatic nitrogens is 2. The van der Waals surface area contributed by atoms with Crippen LogP contribution in [-0.4, -0.2) is 28.6 Å². The van der Waals surface area contributed by atoms with Crippen LogP contribution in [0.25, 0.3) is 10.9 Å². The highest BCUT2D eigenvalue weighted by atomic mass is 16.2. The second-order valence-electron chi connectivity index (χ2n) is 4.74. The third-order valence-corrected chi connectivity index (χ3v) is 3.19. The molecule has 0 atom stereocenters. The van der Waals surface area contributed by atoms with Gasteiger partial charge in [-0.15, -0.1) is 0 Å². The molecule has 0 radical (unpaired) electrons. The summed E-state index contributed by atoms with van der Waals surface area (Å²) in [5.41, 5.74) is 1.81. The van der Waals surface area contributed by atoms with Crippen molar-refractivity contribution < 1.29 is 9.59 Å². The molecule has 2 aromatic carbocycles. The molecule has 1 heterocycles. The van der Waals surface area contributed by atoms with Gasteiger partial charge in [0.15, 0.2) is 0 Å². The molecule has 0 aliphatic heterocycles.